The van der Waals surface area contributed by atoms with Gasteiger partial charge in [-0.2, -0.15) is 0 Å². The van der Waals surface area contributed by atoms with Crippen molar-refractivity contribution in [2.45, 2.75) is 31.3 Å². The third kappa shape index (κ3) is 3.44. The van der Waals surface area contributed by atoms with Gasteiger partial charge in [0.05, 0.1) is 12.5 Å². The number of ether oxygens (including phenoxy) is 1. The molecule has 2 atom stereocenters. The predicted octanol–water partition coefficient (Wildman–Crippen LogP) is 3.93. The van der Waals surface area contributed by atoms with Crippen LogP contribution in [-0.2, 0) is 6.42 Å². The number of halogens is 1. The Morgan fingerprint density at radius 1 is 1.33 bits per heavy atom. The van der Waals surface area contributed by atoms with Crippen LogP contribution in [0.2, 0.25) is 5.02 Å². The molecule has 3 aromatic rings. The Bertz CT molecular complexity index is 1060. The molecule has 0 saturated carbocycles. The summed E-state index contributed by atoms with van der Waals surface area (Å²) in [6.45, 7) is 2.16. The molecule has 1 N–H and O–H groups in total. The van der Waals surface area contributed by atoms with Crippen LogP contribution >= 0.6 is 11.6 Å². The number of carbonyl (C=O) groups excluding carboxylic acids is 1. The molecule has 2 bridgehead atoms. The fraction of sp³-hybridized carbons (Fsp3) is 0.391. The van der Waals surface area contributed by atoms with Gasteiger partial charge < -0.3 is 14.5 Å². The van der Waals surface area contributed by atoms with Gasteiger partial charge in [0, 0.05) is 29.5 Å². The highest BCUT2D eigenvalue weighted by molar-refractivity contribution is 6.31. The molecule has 1 amide bonds. The largest absolute Gasteiger partial charge is 0.492 e. The van der Waals surface area contributed by atoms with Crippen LogP contribution in [0.3, 0.4) is 0 Å². The molecule has 6 nitrogen and oxygen atoms in total. The number of carbonyl (C=O) groups is 1. The first-order valence-corrected chi connectivity index (χ1v) is 10.7. The van der Waals surface area contributed by atoms with Crippen molar-refractivity contribution in [2.75, 3.05) is 20.2 Å². The van der Waals surface area contributed by atoms with Gasteiger partial charge in [0.25, 0.3) is 5.91 Å². The number of piperidine rings is 3. The molecule has 30 heavy (non-hydrogen) atoms. The Kier molecular flexibility index (Phi) is 5.13. The second kappa shape index (κ2) is 7.93. The lowest BCUT2D eigenvalue weighted by Gasteiger charge is -2.51. The van der Waals surface area contributed by atoms with Gasteiger partial charge in [0.1, 0.15) is 5.58 Å². The quantitative estimate of drug-likeness (QED) is 0.671. The Morgan fingerprint density at radius 2 is 2.17 bits per heavy atom. The third-order valence-electron chi connectivity index (χ3n) is 6.45. The monoisotopic (exact) mass is 425 g/mol. The average molecular weight is 426 g/mol. The molecular weight excluding hydrogens is 402 g/mol. The van der Waals surface area contributed by atoms with Gasteiger partial charge >= 0.3 is 0 Å². The molecule has 0 spiro atoms. The van der Waals surface area contributed by atoms with E-state index in [2.05, 4.69) is 21.3 Å². The average Bonchev–Trinajstić information content (AvgIpc) is 3.14. The number of amides is 1. The summed E-state index contributed by atoms with van der Waals surface area (Å²) in [4.78, 5) is 20.0. The molecular formula is C23H24ClN3O3. The Labute approximate surface area is 180 Å². The van der Waals surface area contributed by atoms with Crippen molar-refractivity contribution in [2.24, 2.45) is 5.92 Å². The van der Waals surface area contributed by atoms with Gasteiger partial charge in [-0.25, -0.2) is 0 Å². The zero-order valence-electron chi connectivity index (χ0n) is 16.8. The van der Waals surface area contributed by atoms with E-state index in [1.165, 1.54) is 5.56 Å². The maximum atomic E-state index is 13.3. The van der Waals surface area contributed by atoms with Crippen molar-refractivity contribution in [1.82, 2.24) is 15.2 Å². The molecule has 0 unspecified atom stereocenters. The molecule has 3 aliphatic rings. The maximum absolute atomic E-state index is 13.3. The van der Waals surface area contributed by atoms with E-state index in [9.17, 15) is 4.79 Å². The van der Waals surface area contributed by atoms with E-state index in [1.807, 2.05) is 12.3 Å². The smallest absolute Gasteiger partial charge is 0.291 e. The highest BCUT2D eigenvalue weighted by Gasteiger charge is 2.43. The lowest BCUT2D eigenvalue weighted by atomic mass is 9.76. The van der Waals surface area contributed by atoms with Gasteiger partial charge in [-0.1, -0.05) is 17.7 Å². The summed E-state index contributed by atoms with van der Waals surface area (Å²) < 4.78 is 11.4. The standard InChI is InChI=1S/C23H24ClN3O3/c1-29-21-17-12-16(24)4-5-19(17)30-22(21)23(28)26-20-15-6-9-27(10-7-15)18(20)11-14-3-2-8-25-13-14/h2-5,8,12-13,15,18,20H,6-7,9-11H2,1H3,(H,26,28)/t18-,20+/m0/s1. The highest BCUT2D eigenvalue weighted by Crippen LogP contribution is 2.37. The van der Waals surface area contributed by atoms with Gasteiger partial charge in [-0.15, -0.1) is 0 Å². The molecule has 5 heterocycles. The van der Waals surface area contributed by atoms with Crippen LogP contribution in [0.4, 0.5) is 0 Å². The second-order valence-electron chi connectivity index (χ2n) is 8.11. The number of hydrogen-bond donors (Lipinski definition) is 1. The van der Waals surface area contributed by atoms with E-state index < -0.39 is 0 Å². The van der Waals surface area contributed by atoms with Gasteiger partial charge in [-0.05, 0) is 68.1 Å². The van der Waals surface area contributed by atoms with Crippen LogP contribution in [0.1, 0.15) is 29.0 Å². The van der Waals surface area contributed by atoms with Crippen LogP contribution in [0.5, 0.6) is 5.75 Å². The minimum Gasteiger partial charge on any atom is -0.492 e. The number of furan rings is 1. The molecule has 3 aliphatic heterocycles. The Balaban J connectivity index is 1.43. The summed E-state index contributed by atoms with van der Waals surface area (Å²) >= 11 is 6.12. The summed E-state index contributed by atoms with van der Waals surface area (Å²) in [5.74, 6) is 0.848. The zero-order chi connectivity index (χ0) is 20.7. The topological polar surface area (TPSA) is 67.6 Å². The van der Waals surface area contributed by atoms with Crippen LogP contribution in [0.15, 0.2) is 47.1 Å². The lowest BCUT2D eigenvalue weighted by molar-refractivity contribution is 0.0130. The Hall–Kier alpha value is -2.57. The number of aromatic nitrogens is 1. The highest BCUT2D eigenvalue weighted by atomic mass is 35.5. The van der Waals surface area contributed by atoms with Crippen LogP contribution in [0, 0.1) is 5.92 Å². The Morgan fingerprint density at radius 3 is 2.90 bits per heavy atom. The molecule has 0 radical (unpaired) electrons. The fourth-order valence-electron chi connectivity index (χ4n) is 5.00. The van der Waals surface area contributed by atoms with Crippen molar-refractivity contribution in [1.29, 1.82) is 0 Å². The molecule has 1 aromatic carbocycles. The van der Waals surface area contributed by atoms with E-state index in [4.69, 9.17) is 20.8 Å². The first kappa shape index (κ1) is 19.4. The molecule has 3 saturated heterocycles. The maximum Gasteiger partial charge on any atom is 0.291 e. The van der Waals surface area contributed by atoms with Gasteiger partial charge in [-0.3, -0.25) is 14.7 Å². The van der Waals surface area contributed by atoms with Gasteiger partial charge in [0.2, 0.25) is 5.76 Å². The predicted molar refractivity (Wildman–Crippen MR) is 115 cm³/mol. The van der Waals surface area contributed by atoms with Crippen LogP contribution in [-0.4, -0.2) is 48.1 Å². The van der Waals surface area contributed by atoms with E-state index in [1.54, 1.807) is 31.5 Å². The number of pyridine rings is 1. The number of hydrogen-bond acceptors (Lipinski definition) is 5. The number of benzene rings is 1. The zero-order valence-corrected chi connectivity index (χ0v) is 17.6. The fourth-order valence-corrected chi connectivity index (χ4v) is 5.17. The van der Waals surface area contributed by atoms with Crippen molar-refractivity contribution in [3.05, 3.63) is 59.1 Å². The van der Waals surface area contributed by atoms with Gasteiger partial charge in [0.15, 0.2) is 5.75 Å². The second-order valence-corrected chi connectivity index (χ2v) is 8.55. The summed E-state index contributed by atoms with van der Waals surface area (Å²) in [6, 6.07) is 9.63. The lowest BCUT2D eigenvalue weighted by Crippen LogP contribution is -2.64. The van der Waals surface area contributed by atoms with Crippen molar-refractivity contribution >= 4 is 28.5 Å². The minimum atomic E-state index is -0.242. The molecule has 3 fully saturated rings. The molecule has 0 aliphatic carbocycles. The minimum absolute atomic E-state index is 0.0571. The number of nitrogens with one attached hydrogen (secondary N) is 1. The van der Waals surface area contributed by atoms with E-state index in [0.29, 0.717) is 27.7 Å². The normalized spacial score (nSPS) is 25.4. The molecule has 2 aromatic heterocycles. The molecule has 7 heteroatoms. The molecule has 156 valence electrons. The third-order valence-corrected chi connectivity index (χ3v) is 6.68. The van der Waals surface area contributed by atoms with Crippen molar-refractivity contribution in [3.63, 3.8) is 0 Å². The molecule has 6 rings (SSSR count). The number of nitrogens with zero attached hydrogens (tertiary/aromatic N) is 2. The summed E-state index contributed by atoms with van der Waals surface area (Å²) in [7, 11) is 1.54. The summed E-state index contributed by atoms with van der Waals surface area (Å²) in [5, 5.41) is 4.56. The number of methoxy groups -OCH3 is 1. The first-order valence-electron chi connectivity index (χ1n) is 10.3. The van der Waals surface area contributed by atoms with Crippen molar-refractivity contribution < 1.29 is 13.9 Å². The van der Waals surface area contributed by atoms with Crippen LogP contribution < -0.4 is 10.1 Å². The van der Waals surface area contributed by atoms with E-state index in [-0.39, 0.29) is 23.8 Å². The number of fused-ring (bicyclic) bond motifs is 4. The number of rotatable bonds is 5. The summed E-state index contributed by atoms with van der Waals surface area (Å²) in [6.07, 6.45) is 6.76. The van der Waals surface area contributed by atoms with Crippen molar-refractivity contribution in [3.8, 4) is 5.75 Å². The van der Waals surface area contributed by atoms with E-state index >= 15 is 0 Å². The first-order chi connectivity index (χ1) is 14.6. The SMILES string of the molecule is COc1c(C(=O)N[C@@H]2C3CCN(CC3)[C@H]2Cc2cccnc2)oc2ccc(Cl)cc12. The van der Waals surface area contributed by atoms with E-state index in [0.717, 1.165) is 32.4 Å². The summed E-state index contributed by atoms with van der Waals surface area (Å²) in [5.41, 5.74) is 1.77. The van der Waals surface area contributed by atoms with Crippen LogP contribution in [0.25, 0.3) is 11.0 Å².